The second-order valence-electron chi connectivity index (χ2n) is 2.65. The first-order chi connectivity index (χ1) is 6.68. The molecule has 0 aromatic carbocycles. The minimum Gasteiger partial charge on any atom is -0.480 e. The molecule has 72 valence electrons. The van der Waals surface area contributed by atoms with E-state index in [1.807, 2.05) is 0 Å². The number of fused-ring (bicyclic) bond motifs is 1. The van der Waals surface area contributed by atoms with Gasteiger partial charge in [0.1, 0.15) is 18.4 Å². The van der Waals surface area contributed by atoms with Crippen molar-refractivity contribution in [3.63, 3.8) is 0 Å². The zero-order valence-corrected chi connectivity index (χ0v) is 6.99. The molecule has 0 spiro atoms. The number of aliphatic carboxylic acids is 1. The number of rotatable bonds is 2. The van der Waals surface area contributed by atoms with Crippen LogP contribution in [-0.2, 0) is 11.3 Å². The van der Waals surface area contributed by atoms with Gasteiger partial charge in [-0.1, -0.05) is 0 Å². The van der Waals surface area contributed by atoms with Crippen LogP contribution in [0.15, 0.2) is 23.4 Å². The molecule has 0 amide bonds. The third-order valence-electron chi connectivity index (χ3n) is 1.71. The summed E-state index contributed by atoms with van der Waals surface area (Å²) in [6.45, 7) is -0.444. The summed E-state index contributed by atoms with van der Waals surface area (Å²) in [6, 6.07) is 1.50. The summed E-state index contributed by atoms with van der Waals surface area (Å²) in [7, 11) is 0. The smallest absolute Gasteiger partial charge is 0.325 e. The van der Waals surface area contributed by atoms with E-state index in [4.69, 9.17) is 5.11 Å². The first-order valence-corrected chi connectivity index (χ1v) is 3.80. The number of carboxylic acid groups (broad SMARTS) is 1. The molecule has 2 rings (SSSR count). The molecule has 2 aromatic heterocycles. The van der Waals surface area contributed by atoms with Crippen LogP contribution in [0.3, 0.4) is 0 Å². The van der Waals surface area contributed by atoms with Crippen molar-refractivity contribution in [3.05, 3.63) is 28.9 Å². The van der Waals surface area contributed by atoms with Crippen molar-refractivity contribution in [3.8, 4) is 0 Å². The Morgan fingerprint density at radius 3 is 3.00 bits per heavy atom. The Bertz CT molecular complexity index is 541. The number of aromatic nitrogens is 4. The highest BCUT2D eigenvalue weighted by Crippen LogP contribution is 1.91. The average molecular weight is 194 g/mol. The summed E-state index contributed by atoms with van der Waals surface area (Å²) >= 11 is 0. The minimum absolute atomic E-state index is 0.307. The van der Waals surface area contributed by atoms with Gasteiger partial charge >= 0.3 is 5.97 Å². The molecule has 0 aliphatic heterocycles. The summed E-state index contributed by atoms with van der Waals surface area (Å²) in [5.74, 6) is -1.11. The third-order valence-corrected chi connectivity index (χ3v) is 1.71. The highest BCUT2D eigenvalue weighted by atomic mass is 16.4. The fourth-order valence-corrected chi connectivity index (χ4v) is 1.11. The van der Waals surface area contributed by atoms with Gasteiger partial charge in [-0.25, -0.2) is 9.20 Å². The quantitative estimate of drug-likeness (QED) is 0.660. The first kappa shape index (κ1) is 8.42. The largest absolute Gasteiger partial charge is 0.480 e. The van der Waals surface area contributed by atoms with Gasteiger partial charge in [-0.05, 0) is 6.07 Å². The molecule has 0 bridgehead atoms. The van der Waals surface area contributed by atoms with Crippen LogP contribution >= 0.6 is 0 Å². The van der Waals surface area contributed by atoms with E-state index in [0.29, 0.717) is 5.52 Å². The van der Waals surface area contributed by atoms with Crippen LogP contribution in [0.5, 0.6) is 0 Å². The summed E-state index contributed by atoms with van der Waals surface area (Å²) in [5.41, 5.74) is -0.159. The topological polar surface area (TPSA) is 89.5 Å². The fraction of sp³-hybridized carbons (Fsp3) is 0.143. The fourth-order valence-electron chi connectivity index (χ4n) is 1.11. The van der Waals surface area contributed by atoms with E-state index < -0.39 is 18.1 Å². The highest BCUT2D eigenvalue weighted by Gasteiger charge is 2.06. The molecule has 0 aliphatic rings. The summed E-state index contributed by atoms with van der Waals surface area (Å²) in [4.78, 5) is 21.9. The Balaban J connectivity index is 2.62. The summed E-state index contributed by atoms with van der Waals surface area (Å²) in [6.07, 6.45) is 2.74. The van der Waals surface area contributed by atoms with Gasteiger partial charge < -0.3 is 5.11 Å². The number of hydrogen-bond acceptors (Lipinski definition) is 4. The van der Waals surface area contributed by atoms with Gasteiger partial charge in [0.2, 0.25) is 0 Å². The molecular weight excluding hydrogens is 188 g/mol. The molecule has 7 nitrogen and oxygen atoms in total. The maximum atomic E-state index is 11.5. The molecular formula is C7H6N4O3. The van der Waals surface area contributed by atoms with Gasteiger partial charge in [0.05, 0.1) is 6.20 Å². The molecule has 1 N–H and O–H groups in total. The Morgan fingerprint density at radius 2 is 2.29 bits per heavy atom. The van der Waals surface area contributed by atoms with Crippen molar-refractivity contribution in [2.24, 2.45) is 0 Å². The molecule has 2 aromatic rings. The van der Waals surface area contributed by atoms with Gasteiger partial charge in [0.15, 0.2) is 0 Å². The van der Waals surface area contributed by atoms with Gasteiger partial charge in [-0.2, -0.15) is 10.2 Å². The van der Waals surface area contributed by atoms with Crippen molar-refractivity contribution in [1.29, 1.82) is 0 Å². The van der Waals surface area contributed by atoms with Gasteiger partial charge in [0.25, 0.3) is 5.56 Å². The number of carboxylic acids is 1. The predicted octanol–water partition coefficient (Wildman–Crippen LogP) is -1.02. The van der Waals surface area contributed by atoms with E-state index in [-0.39, 0.29) is 0 Å². The summed E-state index contributed by atoms with van der Waals surface area (Å²) < 4.78 is 2.17. The normalized spacial score (nSPS) is 10.6. The standard InChI is InChI=1S/C7H6N4O3/c12-6(13)3-10-7(14)5-1-2-8-11(5)4-9-10/h1-2,4H,3H2,(H,12,13). The molecule has 7 heteroatoms. The Hall–Kier alpha value is -2.18. The second kappa shape index (κ2) is 2.95. The van der Waals surface area contributed by atoms with E-state index >= 15 is 0 Å². The van der Waals surface area contributed by atoms with Gasteiger partial charge in [0, 0.05) is 0 Å². The van der Waals surface area contributed by atoms with Crippen LogP contribution in [0, 0.1) is 0 Å². The Morgan fingerprint density at radius 1 is 1.50 bits per heavy atom. The van der Waals surface area contributed by atoms with Crippen LogP contribution in [0.25, 0.3) is 5.52 Å². The van der Waals surface area contributed by atoms with Crippen LogP contribution in [0.2, 0.25) is 0 Å². The van der Waals surface area contributed by atoms with Crippen LogP contribution < -0.4 is 5.56 Å². The zero-order valence-electron chi connectivity index (χ0n) is 6.99. The minimum atomic E-state index is -1.11. The SMILES string of the molecule is O=C(O)Cn1ncn2nccc2c1=O. The van der Waals surface area contributed by atoms with E-state index in [0.717, 1.165) is 4.68 Å². The van der Waals surface area contributed by atoms with Crippen molar-refractivity contribution >= 4 is 11.5 Å². The Labute approximate surface area is 77.2 Å². The van der Waals surface area contributed by atoms with E-state index in [1.54, 1.807) is 0 Å². The molecule has 0 atom stereocenters. The molecule has 14 heavy (non-hydrogen) atoms. The van der Waals surface area contributed by atoms with E-state index in [9.17, 15) is 9.59 Å². The molecule has 0 unspecified atom stereocenters. The predicted molar refractivity (Wildman–Crippen MR) is 44.9 cm³/mol. The maximum absolute atomic E-state index is 11.5. The summed E-state index contributed by atoms with van der Waals surface area (Å²) in [5, 5.41) is 15.9. The molecule has 0 fully saturated rings. The number of carbonyl (C=O) groups is 1. The monoisotopic (exact) mass is 194 g/mol. The molecule has 0 saturated heterocycles. The second-order valence-corrected chi connectivity index (χ2v) is 2.65. The van der Waals surface area contributed by atoms with Crippen LogP contribution in [0.1, 0.15) is 0 Å². The number of hydrogen-bond donors (Lipinski definition) is 1. The number of nitrogens with zero attached hydrogens (tertiary/aromatic N) is 4. The van der Waals surface area contributed by atoms with Gasteiger partial charge in [-0.3, -0.25) is 9.59 Å². The lowest BCUT2D eigenvalue weighted by atomic mass is 10.5. The third kappa shape index (κ3) is 1.24. The lowest BCUT2D eigenvalue weighted by molar-refractivity contribution is -0.138. The molecule has 0 saturated carbocycles. The lowest BCUT2D eigenvalue weighted by Crippen LogP contribution is -2.27. The van der Waals surface area contributed by atoms with E-state index in [1.165, 1.54) is 23.1 Å². The first-order valence-electron chi connectivity index (χ1n) is 3.80. The maximum Gasteiger partial charge on any atom is 0.325 e. The van der Waals surface area contributed by atoms with Crippen molar-refractivity contribution < 1.29 is 9.90 Å². The average Bonchev–Trinajstić information content (AvgIpc) is 2.57. The van der Waals surface area contributed by atoms with Crippen molar-refractivity contribution in [2.45, 2.75) is 6.54 Å². The van der Waals surface area contributed by atoms with Crippen LogP contribution in [0.4, 0.5) is 0 Å². The Kier molecular flexibility index (Phi) is 1.77. The van der Waals surface area contributed by atoms with Crippen molar-refractivity contribution in [2.75, 3.05) is 0 Å². The van der Waals surface area contributed by atoms with Crippen LogP contribution in [-0.4, -0.2) is 30.5 Å². The molecule has 2 heterocycles. The zero-order chi connectivity index (χ0) is 10.1. The lowest BCUT2D eigenvalue weighted by Gasteiger charge is -1.99. The van der Waals surface area contributed by atoms with Crippen molar-refractivity contribution in [1.82, 2.24) is 19.4 Å². The molecule has 0 aliphatic carbocycles. The highest BCUT2D eigenvalue weighted by molar-refractivity contribution is 5.66. The molecule has 0 radical (unpaired) electrons. The van der Waals surface area contributed by atoms with E-state index in [2.05, 4.69) is 10.2 Å². The van der Waals surface area contributed by atoms with Gasteiger partial charge in [-0.15, -0.1) is 0 Å².